The molecule has 2 aliphatic heterocycles. The van der Waals surface area contributed by atoms with Crippen LogP contribution in [0.1, 0.15) is 45.6 Å². The van der Waals surface area contributed by atoms with Gasteiger partial charge in [-0.25, -0.2) is 4.98 Å². The Bertz CT molecular complexity index is 1250. The van der Waals surface area contributed by atoms with Crippen LogP contribution in [0.4, 0.5) is 11.4 Å². The van der Waals surface area contributed by atoms with Crippen molar-refractivity contribution >= 4 is 17.2 Å². The summed E-state index contributed by atoms with van der Waals surface area (Å²) in [6.07, 6.45) is 5.48. The molecule has 0 bridgehead atoms. The Kier molecular flexibility index (Phi) is 5.30. The fourth-order valence-corrected chi connectivity index (χ4v) is 5.74. The average Bonchev–Trinajstić information content (AvgIpc) is 3.30. The van der Waals surface area contributed by atoms with Gasteiger partial charge in [0.1, 0.15) is 0 Å². The number of rotatable bonds is 5. The van der Waals surface area contributed by atoms with Gasteiger partial charge >= 0.3 is 0 Å². The predicted octanol–water partition coefficient (Wildman–Crippen LogP) is 5.43. The molecule has 1 unspecified atom stereocenters. The molecule has 1 N–H and O–H groups in total. The van der Waals surface area contributed by atoms with Crippen LogP contribution in [0.15, 0.2) is 75.9 Å². The number of methoxy groups -OCH3 is 1. The molecular formula is C27H31N5O2. The van der Waals surface area contributed by atoms with E-state index in [2.05, 4.69) is 70.5 Å². The monoisotopic (exact) mass is 457 g/mol. The Balaban J connectivity index is 1.66. The molecule has 0 fully saturated rings. The first kappa shape index (κ1) is 22.3. The maximum Gasteiger partial charge on any atom is 0.214 e. The number of benzene rings is 1. The van der Waals surface area contributed by atoms with Crippen molar-refractivity contribution < 1.29 is 9.53 Å². The van der Waals surface area contributed by atoms with Crippen molar-refractivity contribution in [3.05, 3.63) is 71.2 Å². The number of fused-ring (bicyclic) bond motifs is 1. The molecule has 5 rings (SSSR count). The summed E-state index contributed by atoms with van der Waals surface area (Å²) >= 11 is 0. The van der Waals surface area contributed by atoms with Crippen LogP contribution >= 0.6 is 0 Å². The average molecular weight is 458 g/mol. The molecule has 0 radical (unpaired) electrons. The van der Waals surface area contributed by atoms with Crippen molar-refractivity contribution in [3.8, 4) is 5.88 Å². The van der Waals surface area contributed by atoms with Crippen LogP contribution in [0.2, 0.25) is 0 Å². The van der Waals surface area contributed by atoms with Crippen LogP contribution in [-0.2, 0) is 10.2 Å². The van der Waals surface area contributed by atoms with Crippen molar-refractivity contribution in [3.63, 3.8) is 0 Å². The molecule has 176 valence electrons. The molecule has 0 spiro atoms. The Morgan fingerprint density at radius 1 is 1.18 bits per heavy atom. The molecule has 3 aliphatic rings. The van der Waals surface area contributed by atoms with Crippen LogP contribution in [0.25, 0.3) is 0 Å². The summed E-state index contributed by atoms with van der Waals surface area (Å²) in [5.41, 5.74) is 5.39. The van der Waals surface area contributed by atoms with Gasteiger partial charge in [0, 0.05) is 53.9 Å². The van der Waals surface area contributed by atoms with Crippen LogP contribution in [-0.4, -0.2) is 31.1 Å². The molecule has 2 aromatic rings. The zero-order valence-corrected chi connectivity index (χ0v) is 20.4. The van der Waals surface area contributed by atoms with Gasteiger partial charge < -0.3 is 15.0 Å². The van der Waals surface area contributed by atoms with Crippen LogP contribution in [0.3, 0.4) is 0 Å². The summed E-state index contributed by atoms with van der Waals surface area (Å²) in [6.45, 7) is 6.47. The number of carbonyl (C=O) groups excluding carboxylic acids is 1. The van der Waals surface area contributed by atoms with Crippen LogP contribution in [0.5, 0.6) is 5.88 Å². The Hall–Kier alpha value is -3.48. The minimum atomic E-state index is -0.560. The third kappa shape index (κ3) is 3.42. The zero-order valence-electron chi connectivity index (χ0n) is 20.4. The number of azo groups is 1. The van der Waals surface area contributed by atoms with E-state index in [0.717, 1.165) is 46.6 Å². The highest BCUT2D eigenvalue weighted by atomic mass is 16.5. The van der Waals surface area contributed by atoms with Crippen LogP contribution < -0.4 is 15.0 Å². The second-order valence-electron chi connectivity index (χ2n) is 10.1. The fraction of sp³-hybridized carbons (Fsp3) is 0.407. The number of ether oxygens (including phenoxy) is 1. The first-order valence-electron chi connectivity index (χ1n) is 11.8. The molecule has 1 aliphatic carbocycles. The number of ketones is 1. The van der Waals surface area contributed by atoms with Gasteiger partial charge in [-0.2, -0.15) is 10.2 Å². The van der Waals surface area contributed by atoms with Gasteiger partial charge in [-0.1, -0.05) is 32.9 Å². The molecule has 7 heteroatoms. The third-order valence-electron chi connectivity index (χ3n) is 7.35. The maximum atomic E-state index is 13.7. The number of aromatic nitrogens is 1. The minimum absolute atomic E-state index is 0.0815. The number of nitrogens with one attached hydrogen (secondary N) is 1. The van der Waals surface area contributed by atoms with Crippen molar-refractivity contribution in [1.82, 2.24) is 10.3 Å². The summed E-state index contributed by atoms with van der Waals surface area (Å²) < 4.78 is 5.31. The Labute approximate surface area is 200 Å². The molecule has 1 aromatic heterocycles. The lowest BCUT2D eigenvalue weighted by Crippen LogP contribution is -2.51. The van der Waals surface area contributed by atoms with Crippen molar-refractivity contribution in [1.29, 1.82) is 0 Å². The highest BCUT2D eigenvalue weighted by Gasteiger charge is 2.53. The lowest BCUT2D eigenvalue weighted by molar-refractivity contribution is -0.119. The second-order valence-corrected chi connectivity index (χ2v) is 10.1. The quantitative estimate of drug-likeness (QED) is 0.648. The Morgan fingerprint density at radius 3 is 2.74 bits per heavy atom. The van der Waals surface area contributed by atoms with E-state index in [1.54, 1.807) is 13.3 Å². The van der Waals surface area contributed by atoms with Gasteiger partial charge in [0.05, 0.1) is 18.7 Å². The summed E-state index contributed by atoms with van der Waals surface area (Å²) in [7, 11) is 3.64. The predicted molar refractivity (Wildman–Crippen MR) is 132 cm³/mol. The summed E-state index contributed by atoms with van der Waals surface area (Å²) in [5, 5.41) is 12.3. The number of anilines is 2. The molecule has 34 heavy (non-hydrogen) atoms. The second kappa shape index (κ2) is 8.08. The SMILES string of the molecule is CC[C@@]1(c2cccc(N(C)c3ccnc(OC)c3)c2)C2=CN=NC2NC2=C1C(=O)CC(C)(C)C2. The lowest BCUT2D eigenvalue weighted by atomic mass is 9.59. The van der Waals surface area contributed by atoms with Gasteiger partial charge in [0.25, 0.3) is 0 Å². The first-order valence-corrected chi connectivity index (χ1v) is 11.8. The smallest absolute Gasteiger partial charge is 0.214 e. The highest BCUT2D eigenvalue weighted by Crippen LogP contribution is 2.54. The molecule has 0 amide bonds. The molecule has 2 atom stereocenters. The van der Waals surface area contributed by atoms with E-state index in [0.29, 0.717) is 12.3 Å². The van der Waals surface area contributed by atoms with E-state index in [1.807, 2.05) is 25.4 Å². The number of nitrogens with zero attached hydrogens (tertiary/aromatic N) is 4. The maximum absolute atomic E-state index is 13.7. The number of carbonyl (C=O) groups is 1. The van der Waals surface area contributed by atoms with Crippen molar-refractivity contribution in [2.24, 2.45) is 15.6 Å². The molecule has 3 heterocycles. The van der Waals surface area contributed by atoms with Gasteiger partial charge in [-0.3, -0.25) is 4.79 Å². The number of hydrogen-bond donors (Lipinski definition) is 1. The van der Waals surface area contributed by atoms with E-state index < -0.39 is 5.41 Å². The topological polar surface area (TPSA) is 79.2 Å². The summed E-state index contributed by atoms with van der Waals surface area (Å²) in [6, 6.07) is 12.3. The van der Waals surface area contributed by atoms with Gasteiger partial charge in [0.15, 0.2) is 11.9 Å². The highest BCUT2D eigenvalue weighted by molar-refractivity contribution is 6.01. The van der Waals surface area contributed by atoms with E-state index in [1.165, 1.54) is 0 Å². The zero-order chi connectivity index (χ0) is 24.1. The van der Waals surface area contributed by atoms with E-state index in [4.69, 9.17) is 4.74 Å². The Morgan fingerprint density at radius 2 is 1.97 bits per heavy atom. The standard InChI is InChI=1S/C27H31N5O2/c1-6-27(17-8-7-9-18(12-17)32(4)19-10-11-28-23(13-19)34-5)20-16-29-31-25(20)30-21-14-26(2,3)15-22(33)24(21)27/h7-13,16,25,30H,6,14-15H2,1-5H3/t25?,27-/m1/s1. The largest absolute Gasteiger partial charge is 0.481 e. The van der Waals surface area contributed by atoms with Gasteiger partial charge in [0.2, 0.25) is 5.88 Å². The van der Waals surface area contributed by atoms with Crippen molar-refractivity contribution in [2.45, 2.75) is 51.6 Å². The summed E-state index contributed by atoms with van der Waals surface area (Å²) in [5.74, 6) is 0.778. The number of allylic oxidation sites excluding steroid dienone is 2. The van der Waals surface area contributed by atoms with E-state index in [-0.39, 0.29) is 17.4 Å². The molecule has 0 saturated carbocycles. The molecular weight excluding hydrogens is 426 g/mol. The number of pyridine rings is 1. The molecule has 7 nitrogen and oxygen atoms in total. The summed E-state index contributed by atoms with van der Waals surface area (Å²) in [4.78, 5) is 20.0. The minimum Gasteiger partial charge on any atom is -0.481 e. The first-order chi connectivity index (χ1) is 16.3. The normalized spacial score (nSPS) is 24.8. The fourth-order valence-electron chi connectivity index (χ4n) is 5.74. The third-order valence-corrected chi connectivity index (χ3v) is 7.35. The van der Waals surface area contributed by atoms with E-state index >= 15 is 0 Å². The number of Topliss-reactive ketones (excluding diaryl/α,β-unsaturated/α-hetero) is 1. The van der Waals surface area contributed by atoms with Gasteiger partial charge in [-0.05, 0) is 42.0 Å². The molecule has 0 saturated heterocycles. The number of hydrogen-bond acceptors (Lipinski definition) is 7. The van der Waals surface area contributed by atoms with Crippen molar-refractivity contribution in [2.75, 3.05) is 19.1 Å². The van der Waals surface area contributed by atoms with Crippen LogP contribution in [0, 0.1) is 5.41 Å². The molecule has 1 aromatic carbocycles. The van der Waals surface area contributed by atoms with Gasteiger partial charge in [-0.15, -0.1) is 0 Å². The lowest BCUT2D eigenvalue weighted by Gasteiger charge is -2.48. The van der Waals surface area contributed by atoms with E-state index in [9.17, 15) is 4.79 Å².